The molecule has 2 aromatic heterocycles. The number of thiocarbonyl (C=S) groups is 1. The average Bonchev–Trinajstić information content (AvgIpc) is 2.37. The molecule has 0 fully saturated rings. The van der Waals surface area contributed by atoms with E-state index in [-0.39, 0.29) is 0 Å². The first-order valence-corrected chi connectivity index (χ1v) is 6.79. The van der Waals surface area contributed by atoms with E-state index in [1.165, 1.54) is 0 Å². The molecule has 0 radical (unpaired) electrons. The number of nitrogens with two attached hydrogens (primary N) is 1. The van der Waals surface area contributed by atoms with Crippen LogP contribution in [-0.4, -0.2) is 22.0 Å². The summed E-state index contributed by atoms with van der Waals surface area (Å²) < 4.78 is 0. The number of nitrogens with zero attached hydrogens (tertiary/aromatic N) is 3. The molecule has 0 aliphatic rings. The molecular weight excluding hydrogens is 268 g/mol. The Hall–Kier alpha value is -2.01. The van der Waals surface area contributed by atoms with Crippen molar-refractivity contribution in [3.05, 3.63) is 53.0 Å². The van der Waals surface area contributed by atoms with Gasteiger partial charge in [-0.15, -0.1) is 0 Å². The van der Waals surface area contributed by atoms with Gasteiger partial charge in [0, 0.05) is 18.9 Å². The molecule has 4 nitrogen and oxygen atoms in total. The van der Waals surface area contributed by atoms with E-state index in [1.54, 1.807) is 6.20 Å². The van der Waals surface area contributed by atoms with Gasteiger partial charge >= 0.3 is 0 Å². The monoisotopic (exact) mass is 286 g/mol. The Balaban J connectivity index is 2.32. The van der Waals surface area contributed by atoms with Crippen molar-refractivity contribution in [1.29, 1.82) is 0 Å². The Morgan fingerprint density at radius 3 is 2.70 bits per heavy atom. The summed E-state index contributed by atoms with van der Waals surface area (Å²) in [5.74, 6) is 0.792. The quantitative estimate of drug-likeness (QED) is 0.875. The maximum Gasteiger partial charge on any atom is 0.139 e. The van der Waals surface area contributed by atoms with Gasteiger partial charge in [-0.3, -0.25) is 4.98 Å². The fraction of sp³-hybridized carbons (Fsp3) is 0.267. The lowest BCUT2D eigenvalue weighted by Gasteiger charge is -2.21. The van der Waals surface area contributed by atoms with Gasteiger partial charge < -0.3 is 10.6 Å². The molecule has 0 aliphatic carbocycles. The van der Waals surface area contributed by atoms with Crippen molar-refractivity contribution in [2.24, 2.45) is 5.73 Å². The predicted octanol–water partition coefficient (Wildman–Crippen LogP) is 2.36. The van der Waals surface area contributed by atoms with Crippen molar-refractivity contribution in [2.75, 3.05) is 11.9 Å². The second-order valence-electron chi connectivity index (χ2n) is 4.82. The minimum absolute atomic E-state index is 0.370. The topological polar surface area (TPSA) is 55.0 Å². The van der Waals surface area contributed by atoms with E-state index in [0.717, 1.165) is 28.3 Å². The molecule has 5 heteroatoms. The summed E-state index contributed by atoms with van der Waals surface area (Å²) in [6.45, 7) is 4.63. The molecule has 20 heavy (non-hydrogen) atoms. The highest BCUT2D eigenvalue weighted by molar-refractivity contribution is 7.80. The number of hydrogen-bond acceptors (Lipinski definition) is 4. The van der Waals surface area contributed by atoms with Crippen molar-refractivity contribution in [1.82, 2.24) is 9.97 Å². The van der Waals surface area contributed by atoms with Crippen LogP contribution in [0.2, 0.25) is 0 Å². The molecule has 2 rings (SSSR count). The number of hydrogen-bond donors (Lipinski definition) is 1. The molecule has 0 atom stereocenters. The first kappa shape index (κ1) is 14.4. The minimum Gasteiger partial charge on any atom is -0.389 e. The van der Waals surface area contributed by atoms with Crippen LogP contribution >= 0.6 is 12.2 Å². The van der Waals surface area contributed by atoms with Gasteiger partial charge in [-0.2, -0.15) is 0 Å². The summed E-state index contributed by atoms with van der Waals surface area (Å²) >= 11 is 5.14. The predicted molar refractivity (Wildman–Crippen MR) is 85.9 cm³/mol. The summed E-state index contributed by atoms with van der Waals surface area (Å²) in [5.41, 5.74) is 9.68. The molecule has 2 aromatic rings. The lowest BCUT2D eigenvalue weighted by atomic mass is 10.1. The second kappa shape index (κ2) is 5.96. The smallest absolute Gasteiger partial charge is 0.139 e. The molecule has 0 aromatic carbocycles. The summed E-state index contributed by atoms with van der Waals surface area (Å²) in [4.78, 5) is 11.3. The molecule has 0 unspecified atom stereocenters. The third-order valence-corrected chi connectivity index (χ3v) is 3.30. The largest absolute Gasteiger partial charge is 0.389 e. The van der Waals surface area contributed by atoms with Crippen molar-refractivity contribution >= 4 is 23.0 Å². The second-order valence-corrected chi connectivity index (χ2v) is 5.26. The zero-order chi connectivity index (χ0) is 14.7. The van der Waals surface area contributed by atoms with Crippen molar-refractivity contribution in [2.45, 2.75) is 20.4 Å². The first-order chi connectivity index (χ1) is 9.49. The summed E-state index contributed by atoms with van der Waals surface area (Å²) in [6, 6.07) is 7.90. The Morgan fingerprint density at radius 1 is 1.30 bits per heavy atom. The Kier molecular flexibility index (Phi) is 4.29. The van der Waals surface area contributed by atoms with Crippen molar-refractivity contribution < 1.29 is 0 Å². The van der Waals surface area contributed by atoms with Crippen LogP contribution in [0.15, 0.2) is 30.5 Å². The summed E-state index contributed by atoms with van der Waals surface area (Å²) in [5, 5.41) is 0. The highest BCUT2D eigenvalue weighted by Gasteiger charge is 2.14. The van der Waals surface area contributed by atoms with E-state index >= 15 is 0 Å². The molecule has 0 aliphatic heterocycles. The van der Waals surface area contributed by atoms with Crippen molar-refractivity contribution in [3.8, 4) is 0 Å². The van der Waals surface area contributed by atoms with Crippen LogP contribution in [-0.2, 0) is 6.54 Å². The van der Waals surface area contributed by atoms with Crippen LogP contribution in [0.3, 0.4) is 0 Å². The summed E-state index contributed by atoms with van der Waals surface area (Å²) in [6.07, 6.45) is 1.77. The lowest BCUT2D eigenvalue weighted by Crippen LogP contribution is -2.24. The maximum absolute atomic E-state index is 5.82. The van der Waals surface area contributed by atoms with Gasteiger partial charge in [-0.05, 0) is 37.6 Å². The van der Waals surface area contributed by atoms with Gasteiger partial charge in [0.2, 0.25) is 0 Å². The van der Waals surface area contributed by atoms with Crippen LogP contribution in [0.4, 0.5) is 5.82 Å². The average molecular weight is 286 g/mol. The normalized spacial score (nSPS) is 10.3. The van der Waals surface area contributed by atoms with E-state index in [4.69, 9.17) is 18.0 Å². The molecule has 2 heterocycles. The third-order valence-electron chi connectivity index (χ3n) is 3.09. The van der Waals surface area contributed by atoms with E-state index in [0.29, 0.717) is 11.5 Å². The van der Waals surface area contributed by atoms with E-state index in [9.17, 15) is 0 Å². The SMILES string of the molecule is Cc1cccc(CN(C)c2nccc(C)c2C(N)=S)n1. The van der Waals surface area contributed by atoms with E-state index < -0.39 is 0 Å². The van der Waals surface area contributed by atoms with Crippen LogP contribution in [0.1, 0.15) is 22.5 Å². The number of rotatable bonds is 4. The number of anilines is 1. The molecule has 0 bridgehead atoms. The molecular formula is C15H18N4S. The third kappa shape index (κ3) is 3.11. The van der Waals surface area contributed by atoms with E-state index in [1.807, 2.05) is 50.1 Å². The fourth-order valence-corrected chi connectivity index (χ4v) is 2.40. The molecule has 0 spiro atoms. The lowest BCUT2D eigenvalue weighted by molar-refractivity contribution is 0.857. The van der Waals surface area contributed by atoms with Gasteiger partial charge in [-0.1, -0.05) is 18.3 Å². The molecule has 104 valence electrons. The Bertz CT molecular complexity index is 640. The maximum atomic E-state index is 5.82. The highest BCUT2D eigenvalue weighted by atomic mass is 32.1. The zero-order valence-corrected chi connectivity index (χ0v) is 12.7. The number of aromatic nitrogens is 2. The highest BCUT2D eigenvalue weighted by Crippen LogP contribution is 2.21. The Labute approximate surface area is 124 Å². The van der Waals surface area contributed by atoms with Gasteiger partial charge in [0.1, 0.15) is 10.8 Å². The number of aryl methyl sites for hydroxylation is 2. The summed E-state index contributed by atoms with van der Waals surface area (Å²) in [7, 11) is 1.97. The molecule has 0 saturated heterocycles. The molecule has 2 N–H and O–H groups in total. The van der Waals surface area contributed by atoms with Crippen LogP contribution < -0.4 is 10.6 Å². The van der Waals surface area contributed by atoms with Gasteiger partial charge in [-0.25, -0.2) is 4.98 Å². The van der Waals surface area contributed by atoms with Crippen LogP contribution in [0.25, 0.3) is 0 Å². The standard InChI is InChI=1S/C15H18N4S/c1-10-7-8-17-15(13(10)14(16)20)19(3)9-12-6-4-5-11(2)18-12/h4-8H,9H2,1-3H3,(H2,16,20). The van der Waals surface area contributed by atoms with Gasteiger partial charge in [0.05, 0.1) is 17.8 Å². The van der Waals surface area contributed by atoms with Crippen molar-refractivity contribution in [3.63, 3.8) is 0 Å². The van der Waals surface area contributed by atoms with Gasteiger partial charge in [0.15, 0.2) is 0 Å². The minimum atomic E-state index is 0.370. The zero-order valence-electron chi connectivity index (χ0n) is 11.9. The van der Waals surface area contributed by atoms with Gasteiger partial charge in [0.25, 0.3) is 0 Å². The Morgan fingerprint density at radius 2 is 2.05 bits per heavy atom. The van der Waals surface area contributed by atoms with E-state index in [2.05, 4.69) is 9.97 Å². The van der Waals surface area contributed by atoms with Crippen LogP contribution in [0.5, 0.6) is 0 Å². The molecule has 0 saturated carbocycles. The first-order valence-electron chi connectivity index (χ1n) is 6.38. The fourth-order valence-electron chi connectivity index (χ4n) is 2.14. The number of pyridine rings is 2. The molecule has 0 amide bonds. The van der Waals surface area contributed by atoms with Crippen LogP contribution in [0, 0.1) is 13.8 Å².